The van der Waals surface area contributed by atoms with Crippen LogP contribution in [0.5, 0.6) is 0 Å². The van der Waals surface area contributed by atoms with Gasteiger partial charge in [-0.25, -0.2) is 0 Å². The number of aliphatic hydroxyl groups excluding tert-OH is 1. The molecule has 0 aromatic carbocycles. The minimum absolute atomic E-state index is 0.0166. The number of rotatable bonds is 3. The van der Waals surface area contributed by atoms with E-state index in [1.165, 1.54) is 16.0 Å². The summed E-state index contributed by atoms with van der Waals surface area (Å²) in [7, 11) is 0. The van der Waals surface area contributed by atoms with Crippen LogP contribution in [0.4, 0.5) is 0 Å². The quantitative estimate of drug-likeness (QED) is 0.855. The van der Waals surface area contributed by atoms with Gasteiger partial charge in [0.2, 0.25) is 0 Å². The molecule has 1 spiro atoms. The lowest BCUT2D eigenvalue weighted by Gasteiger charge is -2.47. The highest BCUT2D eigenvalue weighted by Crippen LogP contribution is 2.49. The minimum Gasteiger partial charge on any atom is -0.392 e. The number of ether oxygens (including phenoxy) is 1. The molecule has 0 bridgehead atoms. The van der Waals surface area contributed by atoms with Crippen LogP contribution in [0.2, 0.25) is 4.34 Å². The number of aromatic nitrogens is 1. The normalized spacial score (nSPS) is 26.2. The van der Waals surface area contributed by atoms with E-state index in [0.717, 1.165) is 47.9 Å². The summed E-state index contributed by atoms with van der Waals surface area (Å²) in [5.74, 6) is 0. The van der Waals surface area contributed by atoms with Crippen LogP contribution >= 0.6 is 22.9 Å². The van der Waals surface area contributed by atoms with Crippen molar-refractivity contribution >= 4 is 22.9 Å². The topological polar surface area (TPSA) is 45.6 Å². The van der Waals surface area contributed by atoms with Crippen molar-refractivity contribution in [3.63, 3.8) is 0 Å². The number of piperidine rings is 1. The van der Waals surface area contributed by atoms with Crippen molar-refractivity contribution in [3.8, 4) is 0 Å². The van der Waals surface area contributed by atoms with Gasteiger partial charge in [-0.15, -0.1) is 11.3 Å². The summed E-state index contributed by atoms with van der Waals surface area (Å²) in [6.07, 6.45) is 4.62. The highest BCUT2D eigenvalue weighted by Gasteiger charge is 2.45. The second-order valence-corrected chi connectivity index (χ2v) is 9.06. The smallest absolute Gasteiger partial charge is 0.105 e. The molecule has 6 heteroatoms. The summed E-state index contributed by atoms with van der Waals surface area (Å²) in [5.41, 5.74) is 4.30. The number of hydrogen-bond acceptors (Lipinski definition) is 5. The van der Waals surface area contributed by atoms with E-state index in [1.54, 1.807) is 11.3 Å². The number of halogens is 1. The molecule has 2 aromatic heterocycles. The van der Waals surface area contributed by atoms with Crippen molar-refractivity contribution in [1.82, 2.24) is 9.88 Å². The second-order valence-electron chi connectivity index (χ2n) is 7.43. The van der Waals surface area contributed by atoms with Gasteiger partial charge in [-0.3, -0.25) is 9.88 Å². The molecule has 4 rings (SSSR count). The second kappa shape index (κ2) is 7.21. The van der Waals surface area contributed by atoms with Crippen molar-refractivity contribution in [2.75, 3.05) is 13.2 Å². The molecule has 26 heavy (non-hydrogen) atoms. The largest absolute Gasteiger partial charge is 0.392 e. The van der Waals surface area contributed by atoms with Gasteiger partial charge in [0.25, 0.3) is 0 Å². The molecule has 0 radical (unpaired) electrons. The molecule has 140 valence electrons. The van der Waals surface area contributed by atoms with Gasteiger partial charge >= 0.3 is 0 Å². The Labute approximate surface area is 163 Å². The lowest BCUT2D eigenvalue weighted by atomic mass is 9.81. The number of pyridine rings is 1. The molecule has 0 saturated carbocycles. The molecular formula is C20H25ClN2O2S. The molecule has 1 saturated heterocycles. The number of hydrogen-bond donors (Lipinski definition) is 1. The minimum atomic E-state index is -0.241. The Morgan fingerprint density at radius 1 is 1.50 bits per heavy atom. The predicted octanol–water partition coefficient (Wildman–Crippen LogP) is 4.05. The van der Waals surface area contributed by atoms with E-state index in [4.69, 9.17) is 16.3 Å². The molecule has 4 heterocycles. The first-order chi connectivity index (χ1) is 12.5. The summed E-state index contributed by atoms with van der Waals surface area (Å²) in [5, 5.41) is 9.70. The molecular weight excluding hydrogens is 368 g/mol. The maximum atomic E-state index is 9.70. The lowest BCUT2D eigenvalue weighted by Crippen LogP contribution is -2.50. The maximum absolute atomic E-state index is 9.70. The molecule has 0 aliphatic carbocycles. The molecule has 2 aromatic rings. The van der Waals surface area contributed by atoms with Gasteiger partial charge < -0.3 is 9.84 Å². The van der Waals surface area contributed by atoms with Crippen molar-refractivity contribution in [2.24, 2.45) is 0 Å². The van der Waals surface area contributed by atoms with Gasteiger partial charge in [-0.2, -0.15) is 0 Å². The van der Waals surface area contributed by atoms with E-state index in [-0.39, 0.29) is 12.2 Å². The van der Waals surface area contributed by atoms with Gasteiger partial charge in [0.05, 0.1) is 17.6 Å². The van der Waals surface area contributed by atoms with Gasteiger partial charge in [0, 0.05) is 41.5 Å². The number of nitrogens with zero attached hydrogens (tertiary/aromatic N) is 2. The summed E-state index contributed by atoms with van der Waals surface area (Å²) >= 11 is 8.02. The molecule has 4 nitrogen and oxygen atoms in total. The Hall–Kier alpha value is -0.980. The Bertz CT molecular complexity index is 809. The molecule has 0 amide bonds. The van der Waals surface area contributed by atoms with Crippen molar-refractivity contribution in [2.45, 2.75) is 57.9 Å². The molecule has 2 aliphatic heterocycles. The van der Waals surface area contributed by atoms with Crippen LogP contribution in [0, 0.1) is 6.92 Å². The zero-order valence-electron chi connectivity index (χ0n) is 15.3. The molecule has 0 unspecified atom stereocenters. The third-order valence-corrected chi connectivity index (χ3v) is 7.62. The Balaban J connectivity index is 1.57. The predicted molar refractivity (Wildman–Crippen MR) is 105 cm³/mol. The van der Waals surface area contributed by atoms with Crippen LogP contribution in [0.3, 0.4) is 0 Å². The van der Waals surface area contributed by atoms with E-state index in [2.05, 4.69) is 29.8 Å². The van der Waals surface area contributed by atoms with Gasteiger partial charge in [-0.05, 0) is 50.3 Å². The van der Waals surface area contributed by atoms with Gasteiger partial charge in [-0.1, -0.05) is 17.7 Å². The first-order valence-electron chi connectivity index (χ1n) is 9.24. The van der Waals surface area contributed by atoms with E-state index >= 15 is 0 Å². The van der Waals surface area contributed by atoms with Gasteiger partial charge in [0.1, 0.15) is 5.60 Å². The number of likely N-dealkylation sites (tertiary alicyclic amines) is 1. The molecule has 1 fully saturated rings. The summed E-state index contributed by atoms with van der Waals surface area (Å²) in [6.45, 7) is 7.00. The van der Waals surface area contributed by atoms with Crippen LogP contribution in [-0.2, 0) is 29.9 Å². The Kier molecular flexibility index (Phi) is 5.10. The fourth-order valence-corrected chi connectivity index (χ4v) is 6.08. The maximum Gasteiger partial charge on any atom is 0.105 e. The number of fused-ring (bicyclic) bond motifs is 2. The first kappa shape index (κ1) is 18.4. The van der Waals surface area contributed by atoms with E-state index < -0.39 is 0 Å². The number of thiophene rings is 1. The lowest BCUT2D eigenvalue weighted by molar-refractivity contribution is -0.110. The molecule has 2 atom stereocenters. The van der Waals surface area contributed by atoms with Crippen molar-refractivity contribution in [1.29, 1.82) is 0 Å². The average Bonchev–Trinajstić information content (AvgIpc) is 2.96. The monoisotopic (exact) mass is 392 g/mol. The molecule has 2 aliphatic rings. The first-order valence-corrected chi connectivity index (χ1v) is 10.4. The Morgan fingerprint density at radius 2 is 2.35 bits per heavy atom. The van der Waals surface area contributed by atoms with Crippen molar-refractivity contribution < 1.29 is 9.84 Å². The van der Waals surface area contributed by atoms with Crippen molar-refractivity contribution in [3.05, 3.63) is 49.9 Å². The SMILES string of the molecule is Cc1ncccc1CN1CC[C@]2(C[C@@H]1C)OCCc1c2sc(Cl)c1CO. The highest BCUT2D eigenvalue weighted by atomic mass is 35.5. The van der Waals surface area contributed by atoms with Crippen LogP contribution < -0.4 is 0 Å². The molecule has 1 N–H and O–H groups in total. The standard InChI is InChI=1S/C20H25ClN2O2S/c1-13-10-20(6-8-23(13)11-15-4-3-7-22-14(15)2)18-16(5-9-25-20)17(12-24)19(21)26-18/h3-4,7,13,24H,5-6,8-12H2,1-2H3/t13-,20+/m0/s1. The van der Waals surface area contributed by atoms with E-state index in [1.807, 2.05) is 12.3 Å². The van der Waals surface area contributed by atoms with E-state index in [9.17, 15) is 5.11 Å². The third-order valence-electron chi connectivity index (χ3n) is 5.91. The summed E-state index contributed by atoms with van der Waals surface area (Å²) in [4.78, 5) is 8.19. The number of aliphatic hydroxyl groups is 1. The number of aryl methyl sites for hydroxylation is 1. The fraction of sp³-hybridized carbons (Fsp3) is 0.550. The zero-order valence-corrected chi connectivity index (χ0v) is 16.9. The zero-order chi connectivity index (χ0) is 18.3. The highest BCUT2D eigenvalue weighted by molar-refractivity contribution is 7.16. The third kappa shape index (κ3) is 3.10. The summed E-state index contributed by atoms with van der Waals surface area (Å²) in [6, 6.07) is 4.59. The van der Waals surface area contributed by atoms with Crippen LogP contribution in [0.15, 0.2) is 18.3 Å². The summed E-state index contributed by atoms with van der Waals surface area (Å²) < 4.78 is 7.09. The van der Waals surface area contributed by atoms with Crippen LogP contribution in [0.1, 0.15) is 47.0 Å². The van der Waals surface area contributed by atoms with E-state index in [0.29, 0.717) is 12.6 Å². The van der Waals surface area contributed by atoms with Crippen LogP contribution in [0.25, 0.3) is 0 Å². The average molecular weight is 393 g/mol. The Morgan fingerprint density at radius 3 is 3.08 bits per heavy atom. The fourth-order valence-electron chi connectivity index (χ4n) is 4.40. The van der Waals surface area contributed by atoms with Crippen LogP contribution in [-0.4, -0.2) is 34.2 Å². The van der Waals surface area contributed by atoms with Gasteiger partial charge in [0.15, 0.2) is 0 Å².